The second kappa shape index (κ2) is 6.19. The van der Waals surface area contributed by atoms with E-state index in [-0.39, 0.29) is 22.4 Å². The lowest BCUT2D eigenvalue weighted by Crippen LogP contribution is -2.23. The summed E-state index contributed by atoms with van der Waals surface area (Å²) in [5.41, 5.74) is 0.234. The average molecular weight is 288 g/mol. The van der Waals surface area contributed by atoms with Crippen molar-refractivity contribution in [2.24, 2.45) is 5.92 Å². The number of nitrogens with one attached hydrogen (secondary N) is 1. The van der Waals surface area contributed by atoms with Crippen molar-refractivity contribution < 1.29 is 13.2 Å². The van der Waals surface area contributed by atoms with Crippen LogP contribution in [0, 0.1) is 5.92 Å². The number of aromatic nitrogens is 1. The summed E-state index contributed by atoms with van der Waals surface area (Å²) in [6.45, 7) is 1.79. The van der Waals surface area contributed by atoms with Crippen LogP contribution in [0.4, 0.5) is 5.69 Å². The van der Waals surface area contributed by atoms with Crippen LogP contribution >= 0.6 is 11.8 Å². The first kappa shape index (κ1) is 15.0. The molecule has 18 heavy (non-hydrogen) atoms. The molecule has 0 aliphatic heterocycles. The second-order valence-electron chi connectivity index (χ2n) is 3.99. The number of sulfone groups is 1. The van der Waals surface area contributed by atoms with Crippen molar-refractivity contribution in [1.82, 2.24) is 4.98 Å². The van der Waals surface area contributed by atoms with E-state index >= 15 is 0 Å². The molecule has 0 fully saturated rings. The molecule has 1 N–H and O–H groups in total. The quantitative estimate of drug-likeness (QED) is 0.887. The number of anilines is 1. The van der Waals surface area contributed by atoms with Gasteiger partial charge in [-0.1, -0.05) is 6.92 Å². The summed E-state index contributed by atoms with van der Waals surface area (Å²) in [6.07, 6.45) is 5.75. The fourth-order valence-electron chi connectivity index (χ4n) is 1.38. The zero-order chi connectivity index (χ0) is 13.8. The minimum Gasteiger partial charge on any atom is -0.323 e. The van der Waals surface area contributed by atoms with Crippen molar-refractivity contribution in [3.8, 4) is 0 Å². The fourth-order valence-corrected chi connectivity index (χ4v) is 2.84. The number of nitrogens with zero attached hydrogens (tertiary/aromatic N) is 1. The number of hydrogen-bond acceptors (Lipinski definition) is 5. The Morgan fingerprint density at radius 3 is 2.78 bits per heavy atom. The van der Waals surface area contributed by atoms with Gasteiger partial charge >= 0.3 is 0 Å². The van der Waals surface area contributed by atoms with Crippen LogP contribution < -0.4 is 5.32 Å². The van der Waals surface area contributed by atoms with Crippen LogP contribution in [0.2, 0.25) is 0 Å². The van der Waals surface area contributed by atoms with Crippen molar-refractivity contribution in [1.29, 1.82) is 0 Å². The van der Waals surface area contributed by atoms with Gasteiger partial charge in [0.25, 0.3) is 0 Å². The Hall–Kier alpha value is -1.08. The van der Waals surface area contributed by atoms with E-state index in [1.807, 2.05) is 6.26 Å². The number of hydrogen-bond donors (Lipinski definition) is 1. The molecule has 5 nitrogen and oxygen atoms in total. The molecule has 0 aromatic carbocycles. The van der Waals surface area contributed by atoms with Gasteiger partial charge in [0.05, 0.1) is 16.8 Å². The highest BCUT2D eigenvalue weighted by atomic mass is 32.2. The molecule has 1 unspecified atom stereocenters. The second-order valence-corrected chi connectivity index (χ2v) is 6.88. The predicted octanol–water partition coefficient (Wildman–Crippen LogP) is 1.42. The summed E-state index contributed by atoms with van der Waals surface area (Å²) in [5.74, 6) is 0.287. The molecule has 1 amide bonds. The Labute approximate surface area is 111 Å². The maximum absolute atomic E-state index is 11.8. The van der Waals surface area contributed by atoms with Crippen LogP contribution in [0.3, 0.4) is 0 Å². The summed E-state index contributed by atoms with van der Waals surface area (Å²) in [4.78, 5) is 15.8. The van der Waals surface area contributed by atoms with Gasteiger partial charge in [0.15, 0.2) is 9.84 Å². The SMILES string of the molecule is CSCC(C)C(=O)Nc1cnccc1S(C)(=O)=O. The molecule has 1 rings (SSSR count). The van der Waals surface area contributed by atoms with Gasteiger partial charge in [-0.15, -0.1) is 0 Å². The smallest absolute Gasteiger partial charge is 0.228 e. The summed E-state index contributed by atoms with van der Waals surface area (Å²) in [7, 11) is -3.38. The summed E-state index contributed by atoms with van der Waals surface area (Å²) < 4.78 is 23.1. The molecule has 0 aliphatic rings. The van der Waals surface area contributed by atoms with E-state index in [0.29, 0.717) is 5.75 Å². The van der Waals surface area contributed by atoms with Crippen molar-refractivity contribution in [2.75, 3.05) is 23.6 Å². The molecule has 1 heterocycles. The molecule has 0 bridgehead atoms. The molecule has 100 valence electrons. The summed E-state index contributed by atoms with van der Waals surface area (Å²) in [6, 6.07) is 1.38. The third-order valence-electron chi connectivity index (χ3n) is 2.30. The number of rotatable bonds is 5. The van der Waals surface area contributed by atoms with Crippen LogP contribution in [0.1, 0.15) is 6.92 Å². The van der Waals surface area contributed by atoms with Crippen molar-refractivity contribution in [3.63, 3.8) is 0 Å². The van der Waals surface area contributed by atoms with Crippen molar-refractivity contribution in [2.45, 2.75) is 11.8 Å². The molecule has 1 atom stereocenters. The largest absolute Gasteiger partial charge is 0.323 e. The maximum Gasteiger partial charge on any atom is 0.228 e. The minimum atomic E-state index is -3.38. The van der Waals surface area contributed by atoms with Gasteiger partial charge < -0.3 is 5.32 Å². The Balaban J connectivity index is 2.95. The first-order valence-electron chi connectivity index (χ1n) is 5.30. The normalized spacial score (nSPS) is 13.1. The van der Waals surface area contributed by atoms with Gasteiger partial charge in [-0.05, 0) is 12.3 Å². The van der Waals surface area contributed by atoms with Gasteiger partial charge in [0.1, 0.15) is 0 Å². The standard InChI is InChI=1S/C11H16N2O3S2/c1-8(7-17-2)11(14)13-9-6-12-5-4-10(9)18(3,15)16/h4-6,8H,7H2,1-3H3,(H,13,14). The van der Waals surface area contributed by atoms with Crippen LogP contribution in [0.15, 0.2) is 23.4 Å². The third kappa shape index (κ3) is 3.99. The van der Waals surface area contributed by atoms with E-state index in [4.69, 9.17) is 0 Å². The van der Waals surface area contributed by atoms with Crippen LogP contribution in [0.5, 0.6) is 0 Å². The lowest BCUT2D eigenvalue weighted by atomic mass is 10.2. The van der Waals surface area contributed by atoms with Crippen molar-refractivity contribution in [3.05, 3.63) is 18.5 Å². The summed E-state index contributed by atoms with van der Waals surface area (Å²) in [5, 5.41) is 2.61. The van der Waals surface area contributed by atoms with Gasteiger partial charge in [0.2, 0.25) is 5.91 Å². The van der Waals surface area contributed by atoms with Gasteiger partial charge in [-0.3, -0.25) is 9.78 Å². The van der Waals surface area contributed by atoms with Crippen molar-refractivity contribution >= 4 is 33.2 Å². The van der Waals surface area contributed by atoms with Gasteiger partial charge in [-0.25, -0.2) is 8.42 Å². The van der Waals surface area contributed by atoms with Crippen LogP contribution in [0.25, 0.3) is 0 Å². The number of amides is 1. The highest BCUT2D eigenvalue weighted by molar-refractivity contribution is 7.98. The number of pyridine rings is 1. The first-order valence-corrected chi connectivity index (χ1v) is 8.58. The Morgan fingerprint density at radius 2 is 2.22 bits per heavy atom. The van der Waals surface area contributed by atoms with Crippen LogP contribution in [-0.2, 0) is 14.6 Å². The highest BCUT2D eigenvalue weighted by Gasteiger charge is 2.18. The van der Waals surface area contributed by atoms with E-state index < -0.39 is 9.84 Å². The first-order chi connectivity index (χ1) is 8.36. The zero-order valence-corrected chi connectivity index (χ0v) is 12.1. The van der Waals surface area contributed by atoms with Gasteiger partial charge in [0, 0.05) is 24.1 Å². The zero-order valence-electron chi connectivity index (χ0n) is 10.5. The predicted molar refractivity (Wildman–Crippen MR) is 73.5 cm³/mol. The number of carbonyl (C=O) groups is 1. The van der Waals surface area contributed by atoms with E-state index in [9.17, 15) is 13.2 Å². The molecule has 0 radical (unpaired) electrons. The molecular weight excluding hydrogens is 272 g/mol. The van der Waals surface area contributed by atoms with E-state index in [1.54, 1.807) is 18.7 Å². The molecule has 0 aliphatic carbocycles. The average Bonchev–Trinajstić information content (AvgIpc) is 2.28. The third-order valence-corrected chi connectivity index (χ3v) is 4.29. The highest BCUT2D eigenvalue weighted by Crippen LogP contribution is 2.20. The Bertz CT molecular complexity index is 529. The summed E-state index contributed by atoms with van der Waals surface area (Å²) >= 11 is 1.56. The lowest BCUT2D eigenvalue weighted by molar-refractivity contribution is -0.118. The topological polar surface area (TPSA) is 76.1 Å². The molecule has 0 saturated carbocycles. The Kier molecular flexibility index (Phi) is 5.15. The van der Waals surface area contributed by atoms with E-state index in [0.717, 1.165) is 6.26 Å². The molecule has 1 aromatic heterocycles. The minimum absolute atomic E-state index is 0.0854. The van der Waals surface area contributed by atoms with Crippen LogP contribution in [-0.4, -0.2) is 37.6 Å². The maximum atomic E-state index is 11.8. The molecular formula is C11H16N2O3S2. The van der Waals surface area contributed by atoms with E-state index in [1.165, 1.54) is 18.5 Å². The molecule has 0 saturated heterocycles. The number of thioether (sulfide) groups is 1. The monoisotopic (exact) mass is 288 g/mol. The number of carbonyl (C=O) groups excluding carboxylic acids is 1. The molecule has 0 spiro atoms. The van der Waals surface area contributed by atoms with Gasteiger partial charge in [-0.2, -0.15) is 11.8 Å². The Morgan fingerprint density at radius 1 is 1.56 bits per heavy atom. The van der Waals surface area contributed by atoms with E-state index in [2.05, 4.69) is 10.3 Å². The molecule has 1 aromatic rings. The lowest BCUT2D eigenvalue weighted by Gasteiger charge is -2.12. The molecule has 7 heteroatoms. The fraction of sp³-hybridized carbons (Fsp3) is 0.455.